The third kappa shape index (κ3) is 6.24. The molecule has 1 rings (SSSR count). The molecule has 1 aliphatic heterocycles. The van der Waals surface area contributed by atoms with E-state index in [1.54, 1.807) is 0 Å². The zero-order chi connectivity index (χ0) is 14.3. The van der Waals surface area contributed by atoms with E-state index in [2.05, 4.69) is 50.0 Å². The molecule has 0 saturated carbocycles. The average Bonchev–Trinajstić information content (AvgIpc) is 2.39. The van der Waals surface area contributed by atoms with Gasteiger partial charge in [0.05, 0.1) is 0 Å². The van der Waals surface area contributed by atoms with Crippen molar-refractivity contribution in [1.82, 2.24) is 15.1 Å². The normalized spacial score (nSPS) is 21.8. The van der Waals surface area contributed by atoms with Gasteiger partial charge in [0, 0.05) is 19.6 Å². The number of hydrogen-bond donors (Lipinski definition) is 1. The molecule has 1 N–H and O–H groups in total. The number of hydrogen-bond acceptors (Lipinski definition) is 3. The Bertz CT molecular complexity index is 236. The van der Waals surface area contributed by atoms with Gasteiger partial charge in [-0.05, 0) is 64.3 Å². The molecule has 1 heterocycles. The van der Waals surface area contributed by atoms with E-state index >= 15 is 0 Å². The molecular weight excluding hydrogens is 234 g/mol. The van der Waals surface area contributed by atoms with E-state index < -0.39 is 0 Å². The van der Waals surface area contributed by atoms with Gasteiger partial charge in [-0.3, -0.25) is 0 Å². The Hall–Kier alpha value is -0.120. The zero-order valence-corrected chi connectivity index (χ0v) is 13.8. The molecule has 0 aromatic carbocycles. The number of nitrogens with one attached hydrogen (secondary N) is 1. The van der Waals surface area contributed by atoms with E-state index in [9.17, 15) is 0 Å². The van der Waals surface area contributed by atoms with Crippen LogP contribution in [0.1, 0.15) is 40.0 Å². The number of rotatable bonds is 8. The Labute approximate surface area is 120 Å². The number of nitrogens with zero attached hydrogens (tertiary/aromatic N) is 2. The highest BCUT2D eigenvalue weighted by molar-refractivity contribution is 4.80. The van der Waals surface area contributed by atoms with Crippen LogP contribution in [-0.4, -0.2) is 63.2 Å². The molecule has 1 aliphatic rings. The summed E-state index contributed by atoms with van der Waals surface area (Å²) in [6, 6.07) is 0. The molecule has 0 radical (unpaired) electrons. The van der Waals surface area contributed by atoms with Gasteiger partial charge >= 0.3 is 0 Å². The first-order chi connectivity index (χ1) is 8.99. The minimum atomic E-state index is 0.413. The van der Waals surface area contributed by atoms with Crippen molar-refractivity contribution in [3.63, 3.8) is 0 Å². The van der Waals surface area contributed by atoms with Crippen LogP contribution in [0.15, 0.2) is 0 Å². The summed E-state index contributed by atoms with van der Waals surface area (Å²) in [4.78, 5) is 5.02. The van der Waals surface area contributed by atoms with E-state index in [1.807, 2.05) is 0 Å². The SMILES string of the molecule is CCNCC(C)(CC)CN(C)CC1CCN(C)CC1. The standard InChI is InChI=1S/C16H35N3/c1-6-16(3,13-17-7-2)14-19(5)12-15-8-10-18(4)11-9-15/h15,17H,6-14H2,1-5H3. The van der Waals surface area contributed by atoms with Gasteiger partial charge in [0.1, 0.15) is 0 Å². The van der Waals surface area contributed by atoms with Crippen LogP contribution in [0.2, 0.25) is 0 Å². The summed E-state index contributed by atoms with van der Waals surface area (Å²) in [6.07, 6.45) is 3.99. The van der Waals surface area contributed by atoms with Gasteiger partial charge in [-0.15, -0.1) is 0 Å². The van der Waals surface area contributed by atoms with Gasteiger partial charge in [-0.1, -0.05) is 20.8 Å². The van der Waals surface area contributed by atoms with Crippen molar-refractivity contribution < 1.29 is 0 Å². The summed E-state index contributed by atoms with van der Waals surface area (Å²) in [6.45, 7) is 14.2. The molecule has 0 bridgehead atoms. The van der Waals surface area contributed by atoms with Crippen LogP contribution in [0, 0.1) is 11.3 Å². The van der Waals surface area contributed by atoms with Crippen LogP contribution in [0.4, 0.5) is 0 Å². The van der Waals surface area contributed by atoms with E-state index in [4.69, 9.17) is 0 Å². The first-order valence-electron chi connectivity index (χ1n) is 8.07. The molecule has 19 heavy (non-hydrogen) atoms. The second-order valence-corrected chi connectivity index (χ2v) is 6.89. The van der Waals surface area contributed by atoms with Gasteiger partial charge in [-0.25, -0.2) is 0 Å². The fourth-order valence-electron chi connectivity index (χ4n) is 3.12. The monoisotopic (exact) mass is 269 g/mol. The smallest absolute Gasteiger partial charge is 0.00444 e. The van der Waals surface area contributed by atoms with E-state index in [0.717, 1.165) is 19.0 Å². The summed E-state index contributed by atoms with van der Waals surface area (Å²) in [5.74, 6) is 0.904. The quantitative estimate of drug-likeness (QED) is 0.729. The molecule has 1 saturated heterocycles. The third-order valence-corrected chi connectivity index (χ3v) is 4.71. The maximum atomic E-state index is 3.52. The van der Waals surface area contributed by atoms with Crippen molar-refractivity contribution in [3.8, 4) is 0 Å². The number of likely N-dealkylation sites (tertiary alicyclic amines) is 1. The molecule has 0 aromatic heterocycles. The van der Waals surface area contributed by atoms with Gasteiger partial charge in [0.15, 0.2) is 0 Å². The van der Waals surface area contributed by atoms with Gasteiger partial charge in [0.25, 0.3) is 0 Å². The average molecular weight is 269 g/mol. The lowest BCUT2D eigenvalue weighted by Gasteiger charge is -2.36. The summed E-state index contributed by atoms with van der Waals surface area (Å²) < 4.78 is 0. The molecule has 3 nitrogen and oxygen atoms in total. The van der Waals surface area contributed by atoms with Crippen molar-refractivity contribution in [2.75, 3.05) is 53.4 Å². The Kier molecular flexibility index (Phi) is 7.33. The molecule has 1 atom stereocenters. The largest absolute Gasteiger partial charge is 0.316 e. The van der Waals surface area contributed by atoms with E-state index in [1.165, 1.54) is 45.4 Å². The fourth-order valence-corrected chi connectivity index (χ4v) is 3.12. The minimum Gasteiger partial charge on any atom is -0.316 e. The van der Waals surface area contributed by atoms with Crippen molar-refractivity contribution >= 4 is 0 Å². The van der Waals surface area contributed by atoms with Gasteiger partial charge in [-0.2, -0.15) is 0 Å². The van der Waals surface area contributed by atoms with Crippen LogP contribution < -0.4 is 5.32 Å². The van der Waals surface area contributed by atoms with Gasteiger partial charge < -0.3 is 15.1 Å². The van der Waals surface area contributed by atoms with Crippen molar-refractivity contribution in [3.05, 3.63) is 0 Å². The molecule has 1 unspecified atom stereocenters. The van der Waals surface area contributed by atoms with Crippen molar-refractivity contribution in [2.24, 2.45) is 11.3 Å². The summed E-state index contributed by atoms with van der Waals surface area (Å²) in [5, 5.41) is 3.52. The Morgan fingerprint density at radius 2 is 1.89 bits per heavy atom. The van der Waals surface area contributed by atoms with Crippen LogP contribution in [-0.2, 0) is 0 Å². The molecule has 0 aliphatic carbocycles. The second-order valence-electron chi connectivity index (χ2n) is 6.89. The van der Waals surface area contributed by atoms with Crippen LogP contribution >= 0.6 is 0 Å². The van der Waals surface area contributed by atoms with Crippen LogP contribution in [0.25, 0.3) is 0 Å². The second kappa shape index (κ2) is 8.23. The lowest BCUT2D eigenvalue weighted by molar-refractivity contribution is 0.133. The predicted octanol–water partition coefficient (Wildman–Crippen LogP) is 2.29. The van der Waals surface area contributed by atoms with Crippen molar-refractivity contribution in [1.29, 1.82) is 0 Å². The molecule has 0 aromatic rings. The maximum absolute atomic E-state index is 3.52. The van der Waals surface area contributed by atoms with Gasteiger partial charge in [0.2, 0.25) is 0 Å². The molecular formula is C16H35N3. The first-order valence-corrected chi connectivity index (χ1v) is 8.07. The molecule has 0 spiro atoms. The Morgan fingerprint density at radius 3 is 2.42 bits per heavy atom. The Morgan fingerprint density at radius 1 is 1.26 bits per heavy atom. The van der Waals surface area contributed by atoms with Crippen molar-refractivity contribution in [2.45, 2.75) is 40.0 Å². The fraction of sp³-hybridized carbons (Fsp3) is 1.00. The lowest BCUT2D eigenvalue weighted by Crippen LogP contribution is -2.43. The van der Waals surface area contributed by atoms with E-state index in [0.29, 0.717) is 5.41 Å². The van der Waals surface area contributed by atoms with E-state index in [-0.39, 0.29) is 0 Å². The maximum Gasteiger partial charge on any atom is 0.00444 e. The summed E-state index contributed by atoms with van der Waals surface area (Å²) >= 11 is 0. The topological polar surface area (TPSA) is 18.5 Å². The van der Waals surface area contributed by atoms with Crippen LogP contribution in [0.3, 0.4) is 0 Å². The highest BCUT2D eigenvalue weighted by Gasteiger charge is 2.25. The molecule has 0 amide bonds. The highest BCUT2D eigenvalue weighted by atomic mass is 15.1. The molecule has 3 heteroatoms. The molecule has 1 fully saturated rings. The summed E-state index contributed by atoms with van der Waals surface area (Å²) in [7, 11) is 4.54. The Balaban J connectivity index is 2.33. The number of piperidine rings is 1. The first kappa shape index (κ1) is 16.9. The van der Waals surface area contributed by atoms with Crippen LogP contribution in [0.5, 0.6) is 0 Å². The minimum absolute atomic E-state index is 0.413. The highest BCUT2D eigenvalue weighted by Crippen LogP contribution is 2.23. The molecule has 114 valence electrons. The third-order valence-electron chi connectivity index (χ3n) is 4.71. The lowest BCUT2D eigenvalue weighted by atomic mass is 9.86. The predicted molar refractivity (Wildman–Crippen MR) is 84.7 cm³/mol. The zero-order valence-electron chi connectivity index (χ0n) is 13.8. The summed E-state index contributed by atoms with van der Waals surface area (Å²) in [5.41, 5.74) is 0.413.